The summed E-state index contributed by atoms with van der Waals surface area (Å²) in [6, 6.07) is 3.39. The Balaban J connectivity index is 2.82. The van der Waals surface area contributed by atoms with Crippen LogP contribution in [0.25, 0.3) is 11.0 Å². The molecule has 0 aliphatic heterocycles. The van der Waals surface area contributed by atoms with E-state index in [1.54, 1.807) is 12.1 Å². The van der Waals surface area contributed by atoms with Crippen molar-refractivity contribution >= 4 is 45.2 Å². The molecular weight excluding hydrogens is 390 g/mol. The van der Waals surface area contributed by atoms with E-state index < -0.39 is 0 Å². The van der Waals surface area contributed by atoms with Crippen molar-refractivity contribution in [3.8, 4) is 0 Å². The van der Waals surface area contributed by atoms with Crippen LogP contribution in [0.2, 0.25) is 0 Å². The van der Waals surface area contributed by atoms with Crippen molar-refractivity contribution in [3.05, 3.63) is 27.3 Å². The zero-order chi connectivity index (χ0) is 14.9. The van der Waals surface area contributed by atoms with Crippen LogP contribution in [0.5, 0.6) is 0 Å². The van der Waals surface area contributed by atoms with Gasteiger partial charge in [0.25, 0.3) is 0 Å². The Labute approximate surface area is 137 Å². The second-order valence-electron chi connectivity index (χ2n) is 5.04. The number of benzene rings is 1. The molecule has 2 aromatic rings. The second kappa shape index (κ2) is 6.18. The minimum Gasteiger partial charge on any atom is -0.321 e. The van der Waals surface area contributed by atoms with E-state index in [4.69, 9.17) is 11.6 Å². The van der Waals surface area contributed by atoms with Gasteiger partial charge in [-0.3, -0.25) is 0 Å². The first-order valence-corrected chi connectivity index (χ1v) is 8.57. The number of fused-ring (bicyclic) bond motifs is 1. The first-order valence-electron chi connectivity index (χ1n) is 6.95. The minimum absolute atomic E-state index is 0.0434. The Bertz CT molecular complexity index is 612. The van der Waals surface area contributed by atoms with E-state index in [1.807, 2.05) is 22.6 Å². The molecule has 0 saturated carbocycles. The largest absolute Gasteiger partial charge is 0.321 e. The molecular formula is C15H19ClFIN2. The van der Waals surface area contributed by atoms with Crippen LogP contribution in [0.4, 0.5) is 4.39 Å². The molecule has 0 saturated heterocycles. The van der Waals surface area contributed by atoms with E-state index in [-0.39, 0.29) is 11.4 Å². The highest BCUT2D eigenvalue weighted by molar-refractivity contribution is 14.1. The van der Waals surface area contributed by atoms with Crippen molar-refractivity contribution in [1.29, 1.82) is 0 Å². The molecule has 0 aliphatic rings. The van der Waals surface area contributed by atoms with Gasteiger partial charge in [-0.2, -0.15) is 0 Å². The van der Waals surface area contributed by atoms with E-state index in [0.717, 1.165) is 36.1 Å². The summed E-state index contributed by atoms with van der Waals surface area (Å²) >= 11 is 8.08. The van der Waals surface area contributed by atoms with E-state index >= 15 is 0 Å². The minimum atomic E-state index is -0.197. The van der Waals surface area contributed by atoms with Gasteiger partial charge in [0, 0.05) is 11.6 Å². The van der Waals surface area contributed by atoms with Crippen LogP contribution < -0.4 is 0 Å². The van der Waals surface area contributed by atoms with Crippen LogP contribution >= 0.6 is 34.2 Å². The Hall–Kier alpha value is -0.360. The standard InChI is InChI=1S/C15H19ClFIN2/c1-4-15(5-2,6-3)20-13-7-10(17)11(18)8-12(13)19-14(20)9-16/h7-8H,4-6,9H2,1-3H3. The van der Waals surface area contributed by atoms with E-state index in [9.17, 15) is 4.39 Å². The third kappa shape index (κ3) is 2.45. The normalized spacial score (nSPS) is 12.3. The fourth-order valence-corrected chi connectivity index (χ4v) is 3.60. The van der Waals surface area contributed by atoms with Gasteiger partial charge in [-0.25, -0.2) is 9.37 Å². The number of hydrogen-bond donors (Lipinski definition) is 0. The Morgan fingerprint density at radius 2 is 1.85 bits per heavy atom. The summed E-state index contributed by atoms with van der Waals surface area (Å²) in [7, 11) is 0. The highest BCUT2D eigenvalue weighted by Gasteiger charge is 2.30. The summed E-state index contributed by atoms with van der Waals surface area (Å²) in [5.41, 5.74) is 1.63. The van der Waals surface area contributed by atoms with Crippen molar-refractivity contribution in [3.63, 3.8) is 0 Å². The molecule has 1 heterocycles. The molecule has 1 aromatic carbocycles. The molecule has 20 heavy (non-hydrogen) atoms. The summed E-state index contributed by atoms with van der Waals surface area (Å²) < 4.78 is 16.7. The zero-order valence-electron chi connectivity index (χ0n) is 12.0. The summed E-state index contributed by atoms with van der Waals surface area (Å²) in [6.45, 7) is 6.50. The fourth-order valence-electron chi connectivity index (χ4n) is 2.97. The van der Waals surface area contributed by atoms with Gasteiger partial charge in [-0.05, 0) is 47.9 Å². The van der Waals surface area contributed by atoms with Crippen LogP contribution in [-0.2, 0) is 11.4 Å². The van der Waals surface area contributed by atoms with Gasteiger partial charge in [0.05, 0.1) is 20.5 Å². The first kappa shape index (κ1) is 16.0. The molecule has 2 nitrogen and oxygen atoms in total. The molecule has 0 N–H and O–H groups in total. The third-order valence-electron chi connectivity index (χ3n) is 4.33. The van der Waals surface area contributed by atoms with Crippen LogP contribution in [0.3, 0.4) is 0 Å². The van der Waals surface area contributed by atoms with Crippen molar-refractivity contribution < 1.29 is 4.39 Å². The van der Waals surface area contributed by atoms with Gasteiger partial charge in [0.2, 0.25) is 0 Å². The lowest BCUT2D eigenvalue weighted by Gasteiger charge is -2.34. The number of imidazole rings is 1. The van der Waals surface area contributed by atoms with Gasteiger partial charge in [-0.1, -0.05) is 20.8 Å². The van der Waals surface area contributed by atoms with Crippen molar-refractivity contribution in [1.82, 2.24) is 9.55 Å². The Morgan fingerprint density at radius 1 is 1.25 bits per heavy atom. The monoisotopic (exact) mass is 408 g/mol. The van der Waals surface area contributed by atoms with Crippen LogP contribution in [0.1, 0.15) is 45.9 Å². The maximum atomic E-state index is 14.0. The smallest absolute Gasteiger partial charge is 0.138 e. The molecule has 2 rings (SSSR count). The topological polar surface area (TPSA) is 17.8 Å². The van der Waals surface area contributed by atoms with Crippen molar-refractivity contribution in [2.75, 3.05) is 0 Å². The summed E-state index contributed by atoms with van der Waals surface area (Å²) in [5, 5.41) is 0. The highest BCUT2D eigenvalue weighted by atomic mass is 127. The lowest BCUT2D eigenvalue weighted by molar-refractivity contribution is 0.252. The molecule has 0 bridgehead atoms. The number of rotatable bonds is 5. The van der Waals surface area contributed by atoms with Crippen LogP contribution in [0.15, 0.2) is 12.1 Å². The second-order valence-corrected chi connectivity index (χ2v) is 6.47. The lowest BCUT2D eigenvalue weighted by atomic mass is 9.89. The van der Waals surface area contributed by atoms with Crippen LogP contribution in [0, 0.1) is 9.39 Å². The Kier molecular flexibility index (Phi) is 4.95. The molecule has 110 valence electrons. The van der Waals surface area contributed by atoms with Crippen molar-refractivity contribution in [2.45, 2.75) is 51.5 Å². The average Bonchev–Trinajstić information content (AvgIpc) is 2.81. The average molecular weight is 409 g/mol. The molecule has 0 spiro atoms. The van der Waals surface area contributed by atoms with Gasteiger partial charge < -0.3 is 4.57 Å². The number of nitrogens with zero attached hydrogens (tertiary/aromatic N) is 2. The predicted octanol–water partition coefficient (Wildman–Crippen LogP) is 5.44. The fraction of sp³-hybridized carbons (Fsp3) is 0.533. The number of halogens is 3. The van der Waals surface area contributed by atoms with Crippen molar-refractivity contribution in [2.24, 2.45) is 0 Å². The zero-order valence-corrected chi connectivity index (χ0v) is 14.9. The van der Waals surface area contributed by atoms with Crippen LogP contribution in [-0.4, -0.2) is 9.55 Å². The Morgan fingerprint density at radius 3 is 2.35 bits per heavy atom. The molecule has 0 aliphatic carbocycles. The molecule has 1 aromatic heterocycles. The summed E-state index contributed by atoms with van der Waals surface area (Å²) in [6.07, 6.45) is 2.93. The van der Waals surface area contributed by atoms with E-state index in [2.05, 4.69) is 30.3 Å². The summed E-state index contributed by atoms with van der Waals surface area (Å²) in [5.74, 6) is 0.973. The number of hydrogen-bond acceptors (Lipinski definition) is 1. The molecule has 0 unspecified atom stereocenters. The van der Waals surface area contributed by atoms with E-state index in [0.29, 0.717) is 9.45 Å². The highest BCUT2D eigenvalue weighted by Crippen LogP contribution is 2.35. The van der Waals surface area contributed by atoms with Gasteiger partial charge in [0.15, 0.2) is 0 Å². The molecule has 5 heteroatoms. The maximum Gasteiger partial charge on any atom is 0.138 e. The lowest BCUT2D eigenvalue weighted by Crippen LogP contribution is -2.32. The predicted molar refractivity (Wildman–Crippen MR) is 90.8 cm³/mol. The van der Waals surface area contributed by atoms with Gasteiger partial charge in [0.1, 0.15) is 11.6 Å². The van der Waals surface area contributed by atoms with Gasteiger partial charge >= 0.3 is 0 Å². The van der Waals surface area contributed by atoms with E-state index in [1.165, 1.54) is 0 Å². The van der Waals surface area contributed by atoms with Gasteiger partial charge in [-0.15, -0.1) is 11.6 Å². The number of alkyl halides is 1. The third-order valence-corrected chi connectivity index (χ3v) is 5.40. The molecule has 0 fully saturated rings. The number of aromatic nitrogens is 2. The summed E-state index contributed by atoms with van der Waals surface area (Å²) in [4.78, 5) is 4.60. The molecule has 0 amide bonds. The molecule has 0 radical (unpaired) electrons. The molecule has 0 atom stereocenters. The maximum absolute atomic E-state index is 14.0. The SMILES string of the molecule is CCC(CC)(CC)n1c(CCl)nc2cc(I)c(F)cc21. The first-order chi connectivity index (χ1) is 9.52. The quantitative estimate of drug-likeness (QED) is 0.475.